The third-order valence-corrected chi connectivity index (χ3v) is 3.86. The van der Waals surface area contributed by atoms with Crippen LogP contribution in [0.25, 0.3) is 0 Å². The average Bonchev–Trinajstić information content (AvgIpc) is 2.34. The van der Waals surface area contributed by atoms with Crippen molar-refractivity contribution in [1.82, 2.24) is 9.80 Å². The van der Waals surface area contributed by atoms with Gasteiger partial charge in [0, 0.05) is 31.7 Å². The predicted octanol–water partition coefficient (Wildman–Crippen LogP) is 2.00. The second-order valence-corrected chi connectivity index (χ2v) is 5.35. The zero-order chi connectivity index (χ0) is 13.3. The Labute approximate surface area is 109 Å². The second-order valence-electron chi connectivity index (χ2n) is 5.35. The lowest BCUT2D eigenvalue weighted by Crippen LogP contribution is -2.47. The van der Waals surface area contributed by atoms with Crippen molar-refractivity contribution in [1.29, 1.82) is 0 Å². The van der Waals surface area contributed by atoms with Crippen LogP contribution < -0.4 is 0 Å². The van der Waals surface area contributed by atoms with Crippen molar-refractivity contribution in [2.24, 2.45) is 0 Å². The van der Waals surface area contributed by atoms with Crippen LogP contribution >= 0.6 is 0 Å². The molecule has 1 aromatic carbocycles. The molecule has 1 aliphatic heterocycles. The molecule has 0 aliphatic carbocycles. The van der Waals surface area contributed by atoms with Crippen molar-refractivity contribution in [3.63, 3.8) is 0 Å². The van der Waals surface area contributed by atoms with Crippen molar-refractivity contribution in [3.8, 4) is 0 Å². The van der Waals surface area contributed by atoms with Gasteiger partial charge in [-0.25, -0.2) is 0 Å². The molecule has 0 unspecified atom stereocenters. The van der Waals surface area contributed by atoms with Crippen LogP contribution in [0.5, 0.6) is 0 Å². The highest BCUT2D eigenvalue weighted by molar-refractivity contribution is 5.96. The van der Waals surface area contributed by atoms with E-state index in [1.165, 1.54) is 11.1 Å². The molecule has 18 heavy (non-hydrogen) atoms. The van der Waals surface area contributed by atoms with Gasteiger partial charge in [0.25, 0.3) is 5.91 Å². The number of carbonyl (C=O) groups is 1. The molecule has 1 aliphatic rings. The molecular formula is C15H22N2O. The highest BCUT2D eigenvalue weighted by Crippen LogP contribution is 2.17. The fourth-order valence-electron chi connectivity index (χ4n) is 2.37. The maximum absolute atomic E-state index is 12.5. The topological polar surface area (TPSA) is 23.6 Å². The molecule has 3 nitrogen and oxygen atoms in total. The minimum atomic E-state index is 0.184. The van der Waals surface area contributed by atoms with Crippen LogP contribution in [0.3, 0.4) is 0 Å². The first-order valence-electron chi connectivity index (χ1n) is 6.54. The number of hydrogen-bond donors (Lipinski definition) is 0. The van der Waals surface area contributed by atoms with E-state index in [1.54, 1.807) is 0 Å². The molecule has 0 saturated carbocycles. The first kappa shape index (κ1) is 13.1. The number of hydrogen-bond acceptors (Lipinski definition) is 2. The van der Waals surface area contributed by atoms with Gasteiger partial charge in [-0.1, -0.05) is 6.07 Å². The van der Waals surface area contributed by atoms with Crippen molar-refractivity contribution < 1.29 is 4.79 Å². The van der Waals surface area contributed by atoms with E-state index in [1.807, 2.05) is 17.9 Å². The van der Waals surface area contributed by atoms with Crippen LogP contribution in [-0.4, -0.2) is 48.9 Å². The fraction of sp³-hybridized carbons (Fsp3) is 0.533. The van der Waals surface area contributed by atoms with Gasteiger partial charge in [-0.2, -0.15) is 0 Å². The van der Waals surface area contributed by atoms with E-state index in [9.17, 15) is 4.79 Å². The monoisotopic (exact) mass is 246 g/mol. The first-order chi connectivity index (χ1) is 8.49. The minimum absolute atomic E-state index is 0.184. The predicted molar refractivity (Wildman–Crippen MR) is 74.1 cm³/mol. The summed E-state index contributed by atoms with van der Waals surface area (Å²) in [4.78, 5) is 16.7. The number of benzene rings is 1. The molecule has 1 saturated heterocycles. The SMILES string of the molecule is Cc1cc(C)c(C(=O)N2CCN(C)CC2)cc1C. The summed E-state index contributed by atoms with van der Waals surface area (Å²) in [5, 5.41) is 0. The van der Waals surface area contributed by atoms with Crippen LogP contribution in [0.15, 0.2) is 12.1 Å². The Bertz CT molecular complexity index is 460. The van der Waals surface area contributed by atoms with Gasteiger partial charge < -0.3 is 9.80 Å². The van der Waals surface area contributed by atoms with Crippen molar-refractivity contribution in [2.45, 2.75) is 20.8 Å². The number of likely N-dealkylation sites (N-methyl/N-ethyl adjacent to an activating group) is 1. The van der Waals surface area contributed by atoms with E-state index < -0.39 is 0 Å². The molecule has 1 aromatic rings. The van der Waals surface area contributed by atoms with E-state index in [0.717, 1.165) is 37.3 Å². The third kappa shape index (κ3) is 2.56. The molecule has 0 atom stereocenters. The molecule has 0 radical (unpaired) electrons. The fourth-order valence-corrected chi connectivity index (χ4v) is 2.37. The molecule has 1 fully saturated rings. The molecular weight excluding hydrogens is 224 g/mol. The van der Waals surface area contributed by atoms with E-state index in [-0.39, 0.29) is 5.91 Å². The number of piperazine rings is 1. The van der Waals surface area contributed by atoms with Crippen LogP contribution in [0, 0.1) is 20.8 Å². The van der Waals surface area contributed by atoms with E-state index in [0.29, 0.717) is 0 Å². The van der Waals surface area contributed by atoms with Crippen LogP contribution in [-0.2, 0) is 0 Å². The van der Waals surface area contributed by atoms with Gasteiger partial charge in [0.2, 0.25) is 0 Å². The average molecular weight is 246 g/mol. The Morgan fingerprint density at radius 2 is 1.50 bits per heavy atom. The maximum atomic E-state index is 12.5. The summed E-state index contributed by atoms with van der Waals surface area (Å²) < 4.78 is 0. The number of aryl methyl sites for hydroxylation is 3. The zero-order valence-corrected chi connectivity index (χ0v) is 11.8. The van der Waals surface area contributed by atoms with Crippen molar-refractivity contribution >= 4 is 5.91 Å². The van der Waals surface area contributed by atoms with Crippen molar-refractivity contribution in [3.05, 3.63) is 34.4 Å². The smallest absolute Gasteiger partial charge is 0.254 e. The quantitative estimate of drug-likeness (QED) is 0.756. The normalized spacial score (nSPS) is 17.0. The lowest BCUT2D eigenvalue weighted by atomic mass is 10.00. The molecule has 0 aromatic heterocycles. The number of rotatable bonds is 1. The Hall–Kier alpha value is -1.35. The van der Waals surface area contributed by atoms with Gasteiger partial charge in [0.05, 0.1) is 0 Å². The zero-order valence-electron chi connectivity index (χ0n) is 11.8. The summed E-state index contributed by atoms with van der Waals surface area (Å²) in [5.74, 6) is 0.184. The van der Waals surface area contributed by atoms with E-state index >= 15 is 0 Å². The summed E-state index contributed by atoms with van der Waals surface area (Å²) in [7, 11) is 2.10. The Kier molecular flexibility index (Phi) is 3.71. The van der Waals surface area contributed by atoms with Gasteiger partial charge in [-0.05, 0) is 50.6 Å². The first-order valence-corrected chi connectivity index (χ1v) is 6.54. The van der Waals surface area contributed by atoms with Gasteiger partial charge in [0.1, 0.15) is 0 Å². The number of nitrogens with zero attached hydrogens (tertiary/aromatic N) is 2. The molecule has 0 spiro atoms. The summed E-state index contributed by atoms with van der Waals surface area (Å²) in [6.45, 7) is 9.78. The number of carbonyl (C=O) groups excluding carboxylic acids is 1. The Morgan fingerprint density at radius 1 is 0.944 bits per heavy atom. The van der Waals surface area contributed by atoms with Crippen LogP contribution in [0.4, 0.5) is 0 Å². The molecule has 0 bridgehead atoms. The van der Waals surface area contributed by atoms with Gasteiger partial charge in [-0.15, -0.1) is 0 Å². The summed E-state index contributed by atoms with van der Waals surface area (Å²) >= 11 is 0. The highest BCUT2D eigenvalue weighted by Gasteiger charge is 2.21. The largest absolute Gasteiger partial charge is 0.336 e. The second kappa shape index (κ2) is 5.11. The Balaban J connectivity index is 2.21. The number of amides is 1. The molecule has 0 N–H and O–H groups in total. The molecule has 2 rings (SSSR count). The minimum Gasteiger partial charge on any atom is -0.336 e. The van der Waals surface area contributed by atoms with E-state index in [4.69, 9.17) is 0 Å². The van der Waals surface area contributed by atoms with Gasteiger partial charge in [0.15, 0.2) is 0 Å². The third-order valence-electron chi connectivity index (χ3n) is 3.86. The standard InChI is InChI=1S/C15H22N2O/c1-11-9-13(3)14(10-12(11)2)15(18)17-7-5-16(4)6-8-17/h9-10H,5-8H2,1-4H3. The highest BCUT2D eigenvalue weighted by atomic mass is 16.2. The molecule has 98 valence electrons. The molecule has 1 heterocycles. The van der Waals surface area contributed by atoms with Crippen LogP contribution in [0.2, 0.25) is 0 Å². The summed E-state index contributed by atoms with van der Waals surface area (Å²) in [6.07, 6.45) is 0. The van der Waals surface area contributed by atoms with Crippen LogP contribution in [0.1, 0.15) is 27.0 Å². The van der Waals surface area contributed by atoms with Crippen molar-refractivity contribution in [2.75, 3.05) is 33.2 Å². The lowest BCUT2D eigenvalue weighted by molar-refractivity contribution is 0.0663. The van der Waals surface area contributed by atoms with Gasteiger partial charge >= 0.3 is 0 Å². The Morgan fingerprint density at radius 3 is 2.11 bits per heavy atom. The van der Waals surface area contributed by atoms with E-state index in [2.05, 4.69) is 31.9 Å². The maximum Gasteiger partial charge on any atom is 0.254 e. The summed E-state index contributed by atoms with van der Waals surface area (Å²) in [5.41, 5.74) is 4.39. The van der Waals surface area contributed by atoms with Gasteiger partial charge in [-0.3, -0.25) is 4.79 Å². The molecule has 1 amide bonds. The summed E-state index contributed by atoms with van der Waals surface area (Å²) in [6, 6.07) is 4.14. The molecule has 3 heteroatoms. The lowest BCUT2D eigenvalue weighted by Gasteiger charge is -2.32.